The molecule has 2 fully saturated rings. The summed E-state index contributed by atoms with van der Waals surface area (Å²) < 4.78 is 0. The Balaban J connectivity index is 1.57. The van der Waals surface area contributed by atoms with Crippen molar-refractivity contribution in [3.8, 4) is 6.07 Å². The molecule has 1 aromatic rings. The third kappa shape index (κ3) is 3.27. The monoisotopic (exact) mass is 266 g/mol. The number of benzene rings is 1. The number of amides is 1. The zero-order chi connectivity index (χ0) is 13.9. The normalized spacial score (nSPS) is 18.2. The highest BCUT2D eigenvalue weighted by Gasteiger charge is 2.41. The van der Waals surface area contributed by atoms with Crippen LogP contribution in [0.2, 0.25) is 0 Å². The summed E-state index contributed by atoms with van der Waals surface area (Å²) >= 11 is 0. The van der Waals surface area contributed by atoms with E-state index in [1.165, 1.54) is 25.7 Å². The van der Waals surface area contributed by atoms with E-state index in [0.29, 0.717) is 11.6 Å². The zero-order valence-electron chi connectivity index (χ0n) is 11.4. The van der Waals surface area contributed by atoms with Crippen LogP contribution in [0.25, 0.3) is 6.08 Å². The molecule has 0 spiro atoms. The molecule has 3 nitrogen and oxygen atoms in total. The van der Waals surface area contributed by atoms with Crippen LogP contribution < -0.4 is 5.32 Å². The van der Waals surface area contributed by atoms with Crippen molar-refractivity contribution in [3.05, 3.63) is 41.5 Å². The first-order chi connectivity index (χ1) is 9.76. The standard InChI is InChI=1S/C17H18N2O/c18-11-13-3-1-12(2-4-13)5-10-16(20)19-17(14-6-7-14)15-8-9-15/h1-5,10,14-15,17H,6-9H2,(H,19,20)/b10-5+. The number of hydrogen-bond donors (Lipinski definition) is 1. The van der Waals surface area contributed by atoms with E-state index >= 15 is 0 Å². The Hall–Kier alpha value is -2.08. The molecule has 3 rings (SSSR count). The highest BCUT2D eigenvalue weighted by molar-refractivity contribution is 5.92. The van der Waals surface area contributed by atoms with Crippen LogP contribution in [0.4, 0.5) is 0 Å². The second-order valence-corrected chi connectivity index (χ2v) is 5.78. The number of nitrogens with zero attached hydrogens (tertiary/aromatic N) is 1. The topological polar surface area (TPSA) is 52.9 Å². The van der Waals surface area contributed by atoms with Crippen LogP contribution in [0.3, 0.4) is 0 Å². The summed E-state index contributed by atoms with van der Waals surface area (Å²) in [6.45, 7) is 0. The zero-order valence-corrected chi connectivity index (χ0v) is 11.4. The lowest BCUT2D eigenvalue weighted by molar-refractivity contribution is -0.117. The van der Waals surface area contributed by atoms with Crippen molar-refractivity contribution in [1.82, 2.24) is 5.32 Å². The molecule has 102 valence electrons. The number of hydrogen-bond acceptors (Lipinski definition) is 2. The van der Waals surface area contributed by atoms with Gasteiger partial charge in [-0.05, 0) is 61.3 Å². The van der Waals surface area contributed by atoms with Crippen molar-refractivity contribution in [2.45, 2.75) is 31.7 Å². The van der Waals surface area contributed by atoms with E-state index in [9.17, 15) is 4.79 Å². The molecule has 2 aliphatic rings. The van der Waals surface area contributed by atoms with E-state index in [0.717, 1.165) is 17.4 Å². The Morgan fingerprint density at radius 1 is 1.20 bits per heavy atom. The molecular formula is C17H18N2O. The number of nitriles is 1. The van der Waals surface area contributed by atoms with Crippen LogP contribution in [0.5, 0.6) is 0 Å². The minimum Gasteiger partial charge on any atom is -0.349 e. The first-order valence-electron chi connectivity index (χ1n) is 7.25. The van der Waals surface area contributed by atoms with Gasteiger partial charge in [-0.1, -0.05) is 12.1 Å². The molecule has 2 saturated carbocycles. The van der Waals surface area contributed by atoms with Gasteiger partial charge in [0.15, 0.2) is 0 Å². The fourth-order valence-electron chi connectivity index (χ4n) is 2.58. The van der Waals surface area contributed by atoms with Crippen LogP contribution in [-0.2, 0) is 4.79 Å². The molecule has 0 atom stereocenters. The highest BCUT2D eigenvalue weighted by Crippen LogP contribution is 2.44. The highest BCUT2D eigenvalue weighted by atomic mass is 16.1. The third-order valence-corrected chi connectivity index (χ3v) is 4.04. The van der Waals surface area contributed by atoms with Crippen LogP contribution in [-0.4, -0.2) is 11.9 Å². The van der Waals surface area contributed by atoms with Crippen molar-refractivity contribution in [2.24, 2.45) is 11.8 Å². The third-order valence-electron chi connectivity index (χ3n) is 4.04. The van der Waals surface area contributed by atoms with Crippen molar-refractivity contribution in [1.29, 1.82) is 5.26 Å². The molecule has 0 saturated heterocycles. The van der Waals surface area contributed by atoms with Gasteiger partial charge < -0.3 is 5.32 Å². The molecule has 0 aromatic heterocycles. The van der Waals surface area contributed by atoms with Gasteiger partial charge in [0, 0.05) is 12.1 Å². The van der Waals surface area contributed by atoms with Crippen LogP contribution in [0.1, 0.15) is 36.8 Å². The first kappa shape index (κ1) is 12.9. The predicted octanol–water partition coefficient (Wildman–Crippen LogP) is 2.88. The molecule has 1 N–H and O–H groups in total. The molecule has 2 aliphatic carbocycles. The Bertz CT molecular complexity index is 548. The van der Waals surface area contributed by atoms with E-state index in [1.807, 2.05) is 12.1 Å². The largest absolute Gasteiger partial charge is 0.349 e. The maximum Gasteiger partial charge on any atom is 0.244 e. The van der Waals surface area contributed by atoms with Gasteiger partial charge in [0.25, 0.3) is 0 Å². The molecular weight excluding hydrogens is 248 g/mol. The van der Waals surface area contributed by atoms with Crippen LogP contribution >= 0.6 is 0 Å². The fraction of sp³-hybridized carbons (Fsp3) is 0.412. The molecule has 3 heteroatoms. The van der Waals surface area contributed by atoms with Crippen molar-refractivity contribution < 1.29 is 4.79 Å². The smallest absolute Gasteiger partial charge is 0.244 e. The minimum absolute atomic E-state index is 0.00170. The van der Waals surface area contributed by atoms with E-state index in [1.54, 1.807) is 24.3 Å². The molecule has 1 amide bonds. The summed E-state index contributed by atoms with van der Waals surface area (Å²) in [4.78, 5) is 12.0. The minimum atomic E-state index is -0.00170. The maximum absolute atomic E-state index is 12.0. The molecule has 20 heavy (non-hydrogen) atoms. The molecule has 0 bridgehead atoms. The van der Waals surface area contributed by atoms with Crippen molar-refractivity contribution in [3.63, 3.8) is 0 Å². The Morgan fingerprint density at radius 3 is 2.30 bits per heavy atom. The molecule has 0 aliphatic heterocycles. The van der Waals surface area contributed by atoms with Crippen LogP contribution in [0.15, 0.2) is 30.3 Å². The Labute approximate surface area is 119 Å². The molecule has 0 heterocycles. The van der Waals surface area contributed by atoms with E-state index < -0.39 is 0 Å². The quantitative estimate of drug-likeness (QED) is 0.833. The first-order valence-corrected chi connectivity index (χ1v) is 7.25. The summed E-state index contributed by atoms with van der Waals surface area (Å²) in [5.74, 6) is 1.43. The number of carbonyl (C=O) groups is 1. The number of nitrogens with one attached hydrogen (secondary N) is 1. The van der Waals surface area contributed by atoms with Gasteiger partial charge in [-0.15, -0.1) is 0 Å². The van der Waals surface area contributed by atoms with Gasteiger partial charge in [0.1, 0.15) is 0 Å². The maximum atomic E-state index is 12.0. The predicted molar refractivity (Wildman–Crippen MR) is 77.6 cm³/mol. The van der Waals surface area contributed by atoms with Gasteiger partial charge in [0.2, 0.25) is 5.91 Å². The van der Waals surface area contributed by atoms with Crippen molar-refractivity contribution in [2.75, 3.05) is 0 Å². The molecule has 0 radical (unpaired) electrons. The van der Waals surface area contributed by atoms with E-state index in [4.69, 9.17) is 5.26 Å². The van der Waals surface area contributed by atoms with Gasteiger partial charge in [-0.2, -0.15) is 5.26 Å². The average Bonchev–Trinajstić information content (AvgIpc) is 3.36. The molecule has 0 unspecified atom stereocenters. The summed E-state index contributed by atoms with van der Waals surface area (Å²) in [7, 11) is 0. The van der Waals surface area contributed by atoms with Gasteiger partial charge in [-0.25, -0.2) is 0 Å². The van der Waals surface area contributed by atoms with Crippen molar-refractivity contribution >= 4 is 12.0 Å². The Morgan fingerprint density at radius 2 is 1.80 bits per heavy atom. The second-order valence-electron chi connectivity index (χ2n) is 5.78. The summed E-state index contributed by atoms with van der Waals surface area (Å²) in [5, 5.41) is 11.9. The summed E-state index contributed by atoms with van der Waals surface area (Å²) in [5.41, 5.74) is 1.57. The van der Waals surface area contributed by atoms with E-state index in [2.05, 4.69) is 11.4 Å². The SMILES string of the molecule is N#Cc1ccc(/C=C/C(=O)NC(C2CC2)C2CC2)cc1. The number of carbonyl (C=O) groups excluding carboxylic acids is 1. The lowest BCUT2D eigenvalue weighted by atomic mass is 10.1. The lowest BCUT2D eigenvalue weighted by Crippen LogP contribution is -2.37. The van der Waals surface area contributed by atoms with Gasteiger partial charge >= 0.3 is 0 Å². The van der Waals surface area contributed by atoms with Gasteiger partial charge in [-0.3, -0.25) is 4.79 Å². The lowest BCUT2D eigenvalue weighted by Gasteiger charge is -2.16. The van der Waals surface area contributed by atoms with Gasteiger partial charge in [0.05, 0.1) is 11.6 Å². The summed E-state index contributed by atoms with van der Waals surface area (Å²) in [6.07, 6.45) is 8.45. The van der Waals surface area contributed by atoms with E-state index in [-0.39, 0.29) is 5.91 Å². The average molecular weight is 266 g/mol. The second kappa shape index (κ2) is 5.50. The molecule has 1 aromatic carbocycles. The Kier molecular flexibility index (Phi) is 3.56. The number of rotatable bonds is 5. The summed E-state index contributed by atoms with van der Waals surface area (Å²) in [6, 6.07) is 9.69. The van der Waals surface area contributed by atoms with Crippen LogP contribution in [0, 0.1) is 23.2 Å². The fourth-order valence-corrected chi connectivity index (χ4v) is 2.58.